The number of ether oxygens (including phenoxy) is 1. The number of hydrogen-bond donors (Lipinski definition) is 0. The van der Waals surface area contributed by atoms with E-state index in [2.05, 4.69) is 4.74 Å². The quantitative estimate of drug-likeness (QED) is 0.598. The Hall–Kier alpha value is -1.95. The number of benzene rings is 2. The number of rotatable bonds is 5. The van der Waals surface area contributed by atoms with Gasteiger partial charge in [0.2, 0.25) is 0 Å². The first-order chi connectivity index (χ1) is 9.96. The highest BCUT2D eigenvalue weighted by Gasteiger charge is 2.32. The number of halogens is 3. The predicted octanol–water partition coefficient (Wildman–Crippen LogP) is 4.56. The first-order valence-electron chi connectivity index (χ1n) is 6.01. The van der Waals surface area contributed by atoms with Gasteiger partial charge >= 0.3 is 6.36 Å². The molecule has 0 saturated heterocycles. The fourth-order valence-electron chi connectivity index (χ4n) is 1.65. The standard InChI is InChI=1S/C15H11F3O2S/c16-15(17,18)20-14-9-5-4-8-12(14)13(19)10-21-11-6-2-1-3-7-11/h1-9H,10H2. The van der Waals surface area contributed by atoms with E-state index in [-0.39, 0.29) is 11.3 Å². The minimum absolute atomic E-state index is 0.0439. The lowest BCUT2D eigenvalue weighted by molar-refractivity contribution is -0.274. The average molecular weight is 312 g/mol. The molecule has 0 saturated carbocycles. The molecule has 0 atom stereocenters. The largest absolute Gasteiger partial charge is 0.573 e. The van der Waals surface area contributed by atoms with Crippen LogP contribution < -0.4 is 4.74 Å². The van der Waals surface area contributed by atoms with Gasteiger partial charge in [0.1, 0.15) is 5.75 Å². The van der Waals surface area contributed by atoms with Crippen LogP contribution in [0.15, 0.2) is 59.5 Å². The van der Waals surface area contributed by atoms with Gasteiger partial charge < -0.3 is 4.74 Å². The van der Waals surface area contributed by atoms with Crippen molar-refractivity contribution in [3.05, 3.63) is 60.2 Å². The van der Waals surface area contributed by atoms with E-state index >= 15 is 0 Å². The third-order valence-corrected chi connectivity index (χ3v) is 3.54. The Labute approximate surface area is 123 Å². The Morgan fingerprint density at radius 2 is 1.62 bits per heavy atom. The van der Waals surface area contributed by atoms with Crippen molar-refractivity contribution < 1.29 is 22.7 Å². The summed E-state index contributed by atoms with van der Waals surface area (Å²) in [5.74, 6) is -0.838. The van der Waals surface area contributed by atoms with Crippen molar-refractivity contribution in [2.75, 3.05) is 5.75 Å². The van der Waals surface area contributed by atoms with Crippen LogP contribution in [0, 0.1) is 0 Å². The van der Waals surface area contributed by atoms with E-state index in [9.17, 15) is 18.0 Å². The Bertz CT molecular complexity index is 612. The topological polar surface area (TPSA) is 26.3 Å². The minimum atomic E-state index is -4.82. The number of alkyl halides is 3. The Kier molecular flexibility index (Phi) is 4.90. The van der Waals surface area contributed by atoms with Gasteiger partial charge in [-0.1, -0.05) is 30.3 Å². The summed E-state index contributed by atoms with van der Waals surface area (Å²) >= 11 is 1.26. The highest BCUT2D eigenvalue weighted by Crippen LogP contribution is 2.28. The maximum absolute atomic E-state index is 12.3. The molecule has 0 N–H and O–H groups in total. The van der Waals surface area contributed by atoms with Crippen LogP contribution in [0.5, 0.6) is 5.75 Å². The molecule has 2 rings (SSSR count). The number of thioether (sulfide) groups is 1. The van der Waals surface area contributed by atoms with Gasteiger partial charge in [-0.05, 0) is 24.3 Å². The second-order valence-corrected chi connectivity index (χ2v) is 5.12. The van der Waals surface area contributed by atoms with Gasteiger partial charge in [-0.25, -0.2) is 0 Å². The van der Waals surface area contributed by atoms with E-state index in [1.807, 2.05) is 30.3 Å². The van der Waals surface area contributed by atoms with Gasteiger partial charge in [0.25, 0.3) is 0 Å². The van der Waals surface area contributed by atoms with Crippen molar-refractivity contribution in [1.29, 1.82) is 0 Å². The van der Waals surface area contributed by atoms with Crippen molar-refractivity contribution in [2.45, 2.75) is 11.3 Å². The lowest BCUT2D eigenvalue weighted by Gasteiger charge is -2.12. The summed E-state index contributed by atoms with van der Waals surface area (Å²) in [6.07, 6.45) is -4.82. The lowest BCUT2D eigenvalue weighted by Crippen LogP contribution is -2.19. The molecular formula is C15H11F3O2S. The molecular weight excluding hydrogens is 301 g/mol. The number of carbonyl (C=O) groups is 1. The van der Waals surface area contributed by atoms with Crippen molar-refractivity contribution in [3.8, 4) is 5.75 Å². The maximum Gasteiger partial charge on any atom is 0.573 e. The van der Waals surface area contributed by atoms with Gasteiger partial charge in [-0.2, -0.15) is 0 Å². The molecule has 0 unspecified atom stereocenters. The molecule has 0 heterocycles. The fraction of sp³-hybridized carbons (Fsp3) is 0.133. The van der Waals surface area contributed by atoms with Crippen LogP contribution in [0.25, 0.3) is 0 Å². The summed E-state index contributed by atoms with van der Waals surface area (Å²) in [5.41, 5.74) is -0.0711. The van der Waals surface area contributed by atoms with E-state index in [1.165, 1.54) is 30.0 Å². The third kappa shape index (κ3) is 4.82. The zero-order chi connectivity index (χ0) is 15.3. The van der Waals surface area contributed by atoms with Gasteiger partial charge in [0.05, 0.1) is 11.3 Å². The molecule has 6 heteroatoms. The molecule has 0 bridgehead atoms. The number of carbonyl (C=O) groups excluding carboxylic acids is 1. The van der Waals surface area contributed by atoms with Gasteiger partial charge in [-0.3, -0.25) is 4.79 Å². The SMILES string of the molecule is O=C(CSc1ccccc1)c1ccccc1OC(F)(F)F. The van der Waals surface area contributed by atoms with Crippen LogP contribution in [-0.4, -0.2) is 17.9 Å². The molecule has 0 fully saturated rings. The smallest absolute Gasteiger partial charge is 0.405 e. The molecule has 0 aliphatic heterocycles. The Morgan fingerprint density at radius 1 is 1.00 bits per heavy atom. The normalized spacial score (nSPS) is 11.2. The molecule has 0 aliphatic rings. The van der Waals surface area contributed by atoms with E-state index in [0.29, 0.717) is 0 Å². The van der Waals surface area contributed by atoms with Crippen LogP contribution in [0.4, 0.5) is 13.2 Å². The molecule has 2 aromatic rings. The zero-order valence-electron chi connectivity index (χ0n) is 10.8. The minimum Gasteiger partial charge on any atom is -0.405 e. The molecule has 0 spiro atoms. The average Bonchev–Trinajstić information content (AvgIpc) is 2.45. The highest BCUT2D eigenvalue weighted by molar-refractivity contribution is 8.00. The van der Waals surface area contributed by atoms with E-state index in [1.54, 1.807) is 0 Å². The maximum atomic E-state index is 12.3. The molecule has 2 nitrogen and oxygen atoms in total. The molecule has 0 amide bonds. The molecule has 0 aliphatic carbocycles. The summed E-state index contributed by atoms with van der Waals surface area (Å²) in [5, 5.41) is 0. The van der Waals surface area contributed by atoms with Crippen LogP contribution in [0.2, 0.25) is 0 Å². The van der Waals surface area contributed by atoms with E-state index in [0.717, 1.165) is 11.0 Å². The lowest BCUT2D eigenvalue weighted by atomic mass is 10.1. The summed E-state index contributed by atoms with van der Waals surface area (Å²) < 4.78 is 40.8. The zero-order valence-corrected chi connectivity index (χ0v) is 11.6. The highest BCUT2D eigenvalue weighted by atomic mass is 32.2. The number of hydrogen-bond acceptors (Lipinski definition) is 3. The summed E-state index contributed by atoms with van der Waals surface area (Å²) in [6, 6.07) is 14.5. The second kappa shape index (κ2) is 6.67. The predicted molar refractivity (Wildman–Crippen MR) is 74.6 cm³/mol. The third-order valence-electron chi connectivity index (χ3n) is 2.53. The monoisotopic (exact) mass is 312 g/mol. The van der Waals surface area contributed by atoms with Crippen LogP contribution in [-0.2, 0) is 0 Å². The first-order valence-corrected chi connectivity index (χ1v) is 7.00. The van der Waals surface area contributed by atoms with E-state index < -0.39 is 17.9 Å². The molecule has 0 radical (unpaired) electrons. The van der Waals surface area contributed by atoms with E-state index in [4.69, 9.17) is 0 Å². The second-order valence-electron chi connectivity index (χ2n) is 4.07. The van der Waals surface area contributed by atoms with Gasteiger partial charge in [-0.15, -0.1) is 24.9 Å². The van der Waals surface area contributed by atoms with Crippen molar-refractivity contribution in [2.24, 2.45) is 0 Å². The van der Waals surface area contributed by atoms with Crippen LogP contribution >= 0.6 is 11.8 Å². The van der Waals surface area contributed by atoms with Crippen LogP contribution in [0.3, 0.4) is 0 Å². The van der Waals surface area contributed by atoms with Gasteiger partial charge in [0, 0.05) is 4.90 Å². The summed E-state index contributed by atoms with van der Waals surface area (Å²) in [4.78, 5) is 12.9. The van der Waals surface area contributed by atoms with Crippen LogP contribution in [0.1, 0.15) is 10.4 Å². The number of ketones is 1. The first kappa shape index (κ1) is 15.4. The molecule has 2 aromatic carbocycles. The van der Waals surface area contributed by atoms with Gasteiger partial charge in [0.15, 0.2) is 5.78 Å². The Morgan fingerprint density at radius 3 is 2.29 bits per heavy atom. The summed E-state index contributed by atoms with van der Waals surface area (Å²) in [7, 11) is 0. The molecule has 21 heavy (non-hydrogen) atoms. The summed E-state index contributed by atoms with van der Waals surface area (Å²) in [6.45, 7) is 0. The number of para-hydroxylation sites is 1. The molecule has 0 aromatic heterocycles. The van der Waals surface area contributed by atoms with Crippen molar-refractivity contribution in [3.63, 3.8) is 0 Å². The van der Waals surface area contributed by atoms with Crippen molar-refractivity contribution in [1.82, 2.24) is 0 Å². The fourth-order valence-corrected chi connectivity index (χ4v) is 2.46. The molecule has 110 valence electrons. The number of Topliss-reactive ketones (excluding diaryl/α,β-unsaturated/α-hetero) is 1. The van der Waals surface area contributed by atoms with Crippen molar-refractivity contribution >= 4 is 17.5 Å². The Balaban J connectivity index is 2.09.